The first-order chi connectivity index (χ1) is 13.1. The van der Waals surface area contributed by atoms with E-state index in [9.17, 15) is 17.6 Å². The van der Waals surface area contributed by atoms with E-state index in [1.807, 2.05) is 13.8 Å². The van der Waals surface area contributed by atoms with Crippen LogP contribution < -0.4 is 14.8 Å². The molecule has 2 aromatic carbocycles. The van der Waals surface area contributed by atoms with Gasteiger partial charge in [-0.05, 0) is 42.3 Å². The molecule has 28 heavy (non-hydrogen) atoms. The third-order valence-electron chi connectivity index (χ3n) is 3.46. The number of anilines is 1. The van der Waals surface area contributed by atoms with Gasteiger partial charge >= 0.3 is 0 Å². The van der Waals surface area contributed by atoms with E-state index in [2.05, 4.69) is 10.0 Å². The number of hydrogen-bond donors (Lipinski definition) is 2. The normalized spacial score (nSPS) is 11.5. The van der Waals surface area contributed by atoms with Crippen LogP contribution in [0, 0.1) is 11.7 Å². The first-order valence-corrected chi connectivity index (χ1v) is 10.5. The molecule has 10 heteroatoms. The maximum absolute atomic E-state index is 13.1. The Hall–Kier alpha value is -1.87. The second kappa shape index (κ2) is 9.56. The molecule has 0 radical (unpaired) electrons. The van der Waals surface area contributed by atoms with E-state index in [1.54, 1.807) is 0 Å². The van der Waals surface area contributed by atoms with Crippen LogP contribution in [0.3, 0.4) is 0 Å². The minimum Gasteiger partial charge on any atom is -0.482 e. The van der Waals surface area contributed by atoms with Crippen LogP contribution in [0.2, 0.25) is 10.0 Å². The lowest BCUT2D eigenvalue weighted by Gasteiger charge is -2.12. The molecule has 0 fully saturated rings. The van der Waals surface area contributed by atoms with Crippen molar-refractivity contribution in [3.63, 3.8) is 0 Å². The van der Waals surface area contributed by atoms with E-state index in [-0.39, 0.29) is 33.2 Å². The number of halogens is 3. The zero-order chi connectivity index (χ0) is 20.9. The van der Waals surface area contributed by atoms with Crippen LogP contribution in [0.25, 0.3) is 0 Å². The molecule has 0 saturated heterocycles. The van der Waals surface area contributed by atoms with Crippen molar-refractivity contribution in [2.75, 3.05) is 18.5 Å². The van der Waals surface area contributed by atoms with Crippen LogP contribution in [-0.4, -0.2) is 27.5 Å². The first-order valence-electron chi connectivity index (χ1n) is 8.25. The van der Waals surface area contributed by atoms with Gasteiger partial charge in [0, 0.05) is 12.2 Å². The third-order valence-corrected chi connectivity index (χ3v) is 5.46. The van der Waals surface area contributed by atoms with Gasteiger partial charge in [0.2, 0.25) is 10.0 Å². The molecular formula is C18H19Cl2FN2O4S. The van der Waals surface area contributed by atoms with Gasteiger partial charge in [-0.15, -0.1) is 0 Å². The predicted molar refractivity (Wildman–Crippen MR) is 107 cm³/mol. The number of sulfonamides is 1. The molecule has 0 aromatic heterocycles. The average Bonchev–Trinajstić information content (AvgIpc) is 2.62. The fourth-order valence-corrected chi connectivity index (χ4v) is 3.76. The summed E-state index contributed by atoms with van der Waals surface area (Å²) in [5.41, 5.74) is 0.309. The van der Waals surface area contributed by atoms with Crippen molar-refractivity contribution < 1.29 is 22.3 Å². The van der Waals surface area contributed by atoms with Crippen molar-refractivity contribution in [3.05, 3.63) is 52.3 Å². The van der Waals surface area contributed by atoms with E-state index >= 15 is 0 Å². The predicted octanol–water partition coefficient (Wildman–Crippen LogP) is 4.08. The van der Waals surface area contributed by atoms with Gasteiger partial charge in [0.15, 0.2) is 6.61 Å². The standard InChI is InChI=1S/C18H19Cl2FN2O4S/c1-11(2)9-22-28(25,26)13-4-6-17(15(20)8-13)27-10-18(24)23-12-3-5-16(21)14(19)7-12/h3-8,11,22H,9-10H2,1-2H3,(H,23,24). The number of amides is 1. The second-order valence-corrected chi connectivity index (χ2v) is 8.89. The molecule has 0 spiro atoms. The molecule has 0 aliphatic carbocycles. The molecule has 1 amide bonds. The van der Waals surface area contributed by atoms with E-state index in [0.717, 1.165) is 6.07 Å². The molecule has 2 rings (SSSR count). The zero-order valence-electron chi connectivity index (χ0n) is 15.1. The van der Waals surface area contributed by atoms with Crippen molar-refractivity contribution in [1.82, 2.24) is 4.72 Å². The Bertz CT molecular complexity index is 968. The van der Waals surface area contributed by atoms with Gasteiger partial charge in [-0.3, -0.25) is 4.79 Å². The fraction of sp³-hybridized carbons (Fsp3) is 0.278. The number of ether oxygens (including phenoxy) is 1. The van der Waals surface area contributed by atoms with Crippen LogP contribution in [0.4, 0.5) is 10.1 Å². The van der Waals surface area contributed by atoms with Gasteiger partial charge in [-0.25, -0.2) is 17.5 Å². The van der Waals surface area contributed by atoms with Gasteiger partial charge in [-0.2, -0.15) is 0 Å². The van der Waals surface area contributed by atoms with Crippen molar-refractivity contribution in [1.29, 1.82) is 0 Å². The quantitative estimate of drug-likeness (QED) is 0.636. The summed E-state index contributed by atoms with van der Waals surface area (Å²) in [7, 11) is -3.69. The SMILES string of the molecule is CC(C)CNS(=O)(=O)c1ccc(OCC(=O)Nc2ccc(F)c(Cl)c2)c(Cl)c1. The summed E-state index contributed by atoms with van der Waals surface area (Å²) >= 11 is 11.7. The Morgan fingerprint density at radius 3 is 2.46 bits per heavy atom. The highest BCUT2D eigenvalue weighted by Crippen LogP contribution is 2.27. The highest BCUT2D eigenvalue weighted by molar-refractivity contribution is 7.89. The van der Waals surface area contributed by atoms with Crippen LogP contribution >= 0.6 is 23.2 Å². The van der Waals surface area contributed by atoms with Crippen LogP contribution in [0.5, 0.6) is 5.75 Å². The van der Waals surface area contributed by atoms with Crippen molar-refractivity contribution in [2.45, 2.75) is 18.7 Å². The number of carbonyl (C=O) groups excluding carboxylic acids is 1. The van der Waals surface area contributed by atoms with Crippen LogP contribution in [0.1, 0.15) is 13.8 Å². The summed E-state index contributed by atoms with van der Waals surface area (Å²) in [6, 6.07) is 7.71. The lowest BCUT2D eigenvalue weighted by Crippen LogP contribution is -2.27. The monoisotopic (exact) mass is 448 g/mol. The lowest BCUT2D eigenvalue weighted by molar-refractivity contribution is -0.118. The van der Waals surface area contributed by atoms with Crippen molar-refractivity contribution in [2.24, 2.45) is 5.92 Å². The van der Waals surface area contributed by atoms with Crippen molar-refractivity contribution in [3.8, 4) is 5.75 Å². The smallest absolute Gasteiger partial charge is 0.262 e. The molecular weight excluding hydrogens is 430 g/mol. The summed E-state index contributed by atoms with van der Waals surface area (Å²) < 4.78 is 45.3. The number of benzene rings is 2. The first kappa shape index (κ1) is 22.4. The second-order valence-electron chi connectivity index (χ2n) is 6.30. The molecule has 6 nitrogen and oxygen atoms in total. The largest absolute Gasteiger partial charge is 0.482 e. The molecule has 2 N–H and O–H groups in total. The molecule has 0 aliphatic heterocycles. The van der Waals surface area contributed by atoms with Crippen LogP contribution in [0.15, 0.2) is 41.3 Å². The highest BCUT2D eigenvalue weighted by atomic mass is 35.5. The topological polar surface area (TPSA) is 84.5 Å². The highest BCUT2D eigenvalue weighted by Gasteiger charge is 2.17. The van der Waals surface area contributed by atoms with Gasteiger partial charge < -0.3 is 10.1 Å². The summed E-state index contributed by atoms with van der Waals surface area (Å²) in [5.74, 6) is -0.811. The number of nitrogens with one attached hydrogen (secondary N) is 2. The zero-order valence-corrected chi connectivity index (χ0v) is 17.5. The fourth-order valence-electron chi connectivity index (χ4n) is 2.04. The Labute approximate surface area is 173 Å². The molecule has 0 heterocycles. The van der Waals surface area contributed by atoms with Crippen LogP contribution in [-0.2, 0) is 14.8 Å². The van der Waals surface area contributed by atoms with Crippen molar-refractivity contribution >= 4 is 44.8 Å². The molecule has 0 aliphatic rings. The minimum atomic E-state index is -3.69. The summed E-state index contributed by atoms with van der Waals surface area (Å²) in [4.78, 5) is 11.9. The molecule has 0 saturated carbocycles. The van der Waals surface area contributed by atoms with Gasteiger partial charge in [0.05, 0.1) is 14.9 Å². The van der Waals surface area contributed by atoms with E-state index < -0.39 is 21.7 Å². The number of carbonyl (C=O) groups is 1. The van der Waals surface area contributed by atoms with Gasteiger partial charge in [0.25, 0.3) is 5.91 Å². The summed E-state index contributed by atoms with van der Waals surface area (Å²) in [6.45, 7) is 3.69. The Balaban J connectivity index is 1.99. The Morgan fingerprint density at radius 2 is 1.86 bits per heavy atom. The molecule has 0 bridgehead atoms. The summed E-state index contributed by atoms with van der Waals surface area (Å²) in [5, 5.41) is 2.42. The molecule has 152 valence electrons. The lowest BCUT2D eigenvalue weighted by atomic mass is 10.2. The molecule has 0 atom stereocenters. The van der Waals surface area contributed by atoms with E-state index in [1.165, 1.54) is 30.3 Å². The maximum Gasteiger partial charge on any atom is 0.262 e. The Kier molecular flexibility index (Phi) is 7.65. The minimum absolute atomic E-state index is 0.00379. The number of hydrogen-bond acceptors (Lipinski definition) is 4. The average molecular weight is 449 g/mol. The van der Waals surface area contributed by atoms with Gasteiger partial charge in [-0.1, -0.05) is 37.0 Å². The molecule has 2 aromatic rings. The summed E-state index contributed by atoms with van der Waals surface area (Å²) in [6.07, 6.45) is 0. The van der Waals surface area contributed by atoms with E-state index in [4.69, 9.17) is 27.9 Å². The van der Waals surface area contributed by atoms with E-state index in [0.29, 0.717) is 12.2 Å². The molecule has 0 unspecified atom stereocenters. The number of rotatable bonds is 8. The Morgan fingerprint density at radius 1 is 1.14 bits per heavy atom. The maximum atomic E-state index is 13.1. The van der Waals surface area contributed by atoms with Gasteiger partial charge in [0.1, 0.15) is 11.6 Å². The third kappa shape index (κ3) is 6.34.